The van der Waals surface area contributed by atoms with Crippen molar-refractivity contribution in [2.24, 2.45) is 5.73 Å². The lowest BCUT2D eigenvalue weighted by molar-refractivity contribution is -0.889. The van der Waals surface area contributed by atoms with Crippen LogP contribution in [0.2, 0.25) is 0 Å². The molecule has 1 saturated heterocycles. The highest BCUT2D eigenvalue weighted by atomic mass is 16.1. The Balaban J connectivity index is 2.43. The molecule has 1 fully saturated rings. The largest absolute Gasteiger partial charge is 0.365 e. The summed E-state index contributed by atoms with van der Waals surface area (Å²) in [7, 11) is 2.10. The van der Waals surface area contributed by atoms with Crippen LogP contribution in [0.25, 0.3) is 0 Å². The molecular formula is C7H15N2O+. The zero-order chi connectivity index (χ0) is 7.61. The summed E-state index contributed by atoms with van der Waals surface area (Å²) in [5.41, 5.74) is 5.10. The Morgan fingerprint density at radius 2 is 2.00 bits per heavy atom. The minimum absolute atomic E-state index is 0.176. The van der Waals surface area contributed by atoms with E-state index in [0.29, 0.717) is 6.54 Å². The average Bonchev–Trinajstić information content (AvgIpc) is 2.12. The highest BCUT2D eigenvalue weighted by Crippen LogP contribution is 2.14. The van der Waals surface area contributed by atoms with E-state index in [1.807, 2.05) is 0 Å². The molecule has 0 radical (unpaired) electrons. The van der Waals surface area contributed by atoms with Crippen molar-refractivity contribution >= 4 is 5.91 Å². The van der Waals surface area contributed by atoms with Gasteiger partial charge in [0.25, 0.3) is 5.91 Å². The summed E-state index contributed by atoms with van der Waals surface area (Å²) in [6, 6.07) is 0. The number of amides is 1. The maximum atomic E-state index is 10.6. The summed E-state index contributed by atoms with van der Waals surface area (Å²) < 4.78 is 0.856. The number of hydrogen-bond acceptors (Lipinski definition) is 1. The Labute approximate surface area is 61.4 Å². The van der Waals surface area contributed by atoms with Crippen LogP contribution in [0.3, 0.4) is 0 Å². The topological polar surface area (TPSA) is 43.1 Å². The van der Waals surface area contributed by atoms with Crippen molar-refractivity contribution in [2.75, 3.05) is 26.7 Å². The number of primary amides is 1. The van der Waals surface area contributed by atoms with Gasteiger partial charge in [-0.15, -0.1) is 0 Å². The molecule has 0 saturated carbocycles. The van der Waals surface area contributed by atoms with E-state index in [2.05, 4.69) is 7.05 Å². The van der Waals surface area contributed by atoms with Crippen molar-refractivity contribution in [1.82, 2.24) is 0 Å². The molecule has 0 bridgehead atoms. The van der Waals surface area contributed by atoms with Crippen molar-refractivity contribution in [1.29, 1.82) is 0 Å². The van der Waals surface area contributed by atoms with Crippen molar-refractivity contribution in [3.63, 3.8) is 0 Å². The first-order chi connectivity index (χ1) is 4.62. The molecule has 1 amide bonds. The Hall–Kier alpha value is -0.570. The summed E-state index contributed by atoms with van der Waals surface area (Å²) in [6.07, 6.45) is 2.48. The van der Waals surface area contributed by atoms with Crippen LogP contribution in [-0.4, -0.2) is 37.1 Å². The summed E-state index contributed by atoms with van der Waals surface area (Å²) in [4.78, 5) is 10.6. The lowest BCUT2D eigenvalue weighted by Crippen LogP contribution is -2.46. The van der Waals surface area contributed by atoms with Gasteiger partial charge in [0, 0.05) is 12.8 Å². The lowest BCUT2D eigenvalue weighted by Gasteiger charge is -2.26. The first kappa shape index (κ1) is 7.54. The molecule has 0 aromatic rings. The number of carbonyl (C=O) groups is 1. The van der Waals surface area contributed by atoms with Gasteiger partial charge >= 0.3 is 0 Å². The third-order valence-corrected chi connectivity index (χ3v) is 2.18. The fraction of sp³-hybridized carbons (Fsp3) is 0.857. The molecule has 1 heterocycles. The van der Waals surface area contributed by atoms with E-state index in [9.17, 15) is 4.79 Å². The molecule has 2 N–H and O–H groups in total. The molecule has 1 aliphatic heterocycles. The first-order valence-electron chi connectivity index (χ1n) is 3.74. The number of nitrogens with zero attached hydrogens (tertiary/aromatic N) is 1. The van der Waals surface area contributed by atoms with E-state index >= 15 is 0 Å². The SMILES string of the molecule is C[N+]1(CC(N)=O)CCCC1. The van der Waals surface area contributed by atoms with Gasteiger partial charge in [-0.3, -0.25) is 4.79 Å². The maximum absolute atomic E-state index is 10.6. The van der Waals surface area contributed by atoms with Crippen molar-refractivity contribution < 1.29 is 9.28 Å². The van der Waals surface area contributed by atoms with E-state index in [1.54, 1.807) is 0 Å². The van der Waals surface area contributed by atoms with Crippen LogP contribution >= 0.6 is 0 Å². The van der Waals surface area contributed by atoms with E-state index < -0.39 is 0 Å². The van der Waals surface area contributed by atoms with Crippen LogP contribution in [0.15, 0.2) is 0 Å². The van der Waals surface area contributed by atoms with Crippen LogP contribution in [0.5, 0.6) is 0 Å². The molecule has 3 heteroatoms. The minimum atomic E-state index is -0.176. The number of likely N-dealkylation sites (tertiary alicyclic amines) is 1. The standard InChI is InChI=1S/C7H14N2O/c1-9(6-7(8)10)4-2-3-5-9/h2-6H2,1H3,(H-,8,10)/p+1. The highest BCUT2D eigenvalue weighted by molar-refractivity contribution is 5.74. The summed E-state index contributed by atoms with van der Waals surface area (Å²) in [6.45, 7) is 2.74. The summed E-state index contributed by atoms with van der Waals surface area (Å²) in [5.74, 6) is -0.176. The van der Waals surface area contributed by atoms with Gasteiger partial charge in [0.05, 0.1) is 20.1 Å². The normalized spacial score (nSPS) is 22.9. The predicted molar refractivity (Wildman–Crippen MR) is 39.2 cm³/mol. The molecular weight excluding hydrogens is 128 g/mol. The first-order valence-corrected chi connectivity index (χ1v) is 3.74. The quantitative estimate of drug-likeness (QED) is 0.530. The Bertz CT molecular complexity index is 139. The van der Waals surface area contributed by atoms with Crippen molar-refractivity contribution in [2.45, 2.75) is 12.8 Å². The van der Waals surface area contributed by atoms with Gasteiger partial charge in [0.15, 0.2) is 6.54 Å². The van der Waals surface area contributed by atoms with Crippen LogP contribution < -0.4 is 5.73 Å². The van der Waals surface area contributed by atoms with Gasteiger partial charge in [0.1, 0.15) is 0 Å². The fourth-order valence-electron chi connectivity index (χ4n) is 1.63. The summed E-state index contributed by atoms with van der Waals surface area (Å²) in [5, 5.41) is 0. The third kappa shape index (κ3) is 1.70. The monoisotopic (exact) mass is 143 g/mol. The number of rotatable bonds is 2. The van der Waals surface area contributed by atoms with E-state index in [-0.39, 0.29) is 5.91 Å². The molecule has 10 heavy (non-hydrogen) atoms. The predicted octanol–water partition coefficient (Wildman–Crippen LogP) is -0.288. The lowest BCUT2D eigenvalue weighted by atomic mass is 10.4. The van der Waals surface area contributed by atoms with Crippen molar-refractivity contribution in [3.05, 3.63) is 0 Å². The second-order valence-electron chi connectivity index (χ2n) is 3.40. The molecule has 1 rings (SSSR count). The number of quaternary nitrogens is 1. The molecule has 0 unspecified atom stereocenters. The second-order valence-corrected chi connectivity index (χ2v) is 3.40. The molecule has 0 aromatic heterocycles. The van der Waals surface area contributed by atoms with E-state index in [0.717, 1.165) is 17.6 Å². The molecule has 1 aliphatic rings. The Kier molecular flexibility index (Phi) is 1.94. The highest BCUT2D eigenvalue weighted by Gasteiger charge is 2.28. The van der Waals surface area contributed by atoms with Gasteiger partial charge < -0.3 is 10.2 Å². The zero-order valence-electron chi connectivity index (χ0n) is 6.47. The number of hydrogen-bond donors (Lipinski definition) is 1. The third-order valence-electron chi connectivity index (χ3n) is 2.18. The van der Waals surface area contributed by atoms with Gasteiger partial charge in [-0.1, -0.05) is 0 Å². The molecule has 0 aromatic carbocycles. The van der Waals surface area contributed by atoms with Crippen LogP contribution in [0, 0.1) is 0 Å². The summed E-state index contributed by atoms with van der Waals surface area (Å²) >= 11 is 0. The van der Waals surface area contributed by atoms with Crippen molar-refractivity contribution in [3.8, 4) is 0 Å². The van der Waals surface area contributed by atoms with Gasteiger partial charge in [-0.25, -0.2) is 0 Å². The molecule has 3 nitrogen and oxygen atoms in total. The number of likely N-dealkylation sites (N-methyl/N-ethyl adjacent to an activating group) is 1. The molecule has 0 spiro atoms. The van der Waals surface area contributed by atoms with Crippen LogP contribution in [0.1, 0.15) is 12.8 Å². The van der Waals surface area contributed by atoms with Gasteiger partial charge in [0.2, 0.25) is 0 Å². The van der Waals surface area contributed by atoms with Gasteiger partial charge in [-0.2, -0.15) is 0 Å². The van der Waals surface area contributed by atoms with Gasteiger partial charge in [-0.05, 0) is 0 Å². The van der Waals surface area contributed by atoms with Crippen LogP contribution in [0.4, 0.5) is 0 Å². The molecule has 0 aliphatic carbocycles. The number of carbonyl (C=O) groups excluding carboxylic acids is 1. The average molecular weight is 143 g/mol. The fourth-order valence-corrected chi connectivity index (χ4v) is 1.63. The van der Waals surface area contributed by atoms with E-state index in [4.69, 9.17) is 5.73 Å². The molecule has 0 atom stereocenters. The second kappa shape index (κ2) is 2.58. The smallest absolute Gasteiger partial charge is 0.272 e. The minimum Gasteiger partial charge on any atom is -0.365 e. The van der Waals surface area contributed by atoms with Crippen LogP contribution in [-0.2, 0) is 4.79 Å². The Morgan fingerprint density at radius 3 is 2.40 bits per heavy atom. The number of nitrogens with two attached hydrogens (primary N) is 1. The van der Waals surface area contributed by atoms with E-state index in [1.165, 1.54) is 12.8 Å². The molecule has 58 valence electrons. The zero-order valence-corrected chi connectivity index (χ0v) is 6.47. The maximum Gasteiger partial charge on any atom is 0.272 e. The Morgan fingerprint density at radius 1 is 1.50 bits per heavy atom.